The van der Waals surface area contributed by atoms with E-state index < -0.39 is 0 Å². The highest BCUT2D eigenvalue weighted by Gasteiger charge is 2.21. The van der Waals surface area contributed by atoms with Crippen LogP contribution in [0.2, 0.25) is 0 Å². The normalized spacial score (nSPS) is 14.2. The summed E-state index contributed by atoms with van der Waals surface area (Å²) < 4.78 is 0. The molecule has 8 heteroatoms. The summed E-state index contributed by atoms with van der Waals surface area (Å²) in [4.78, 5) is 27.9. The number of hydrogen-bond donors (Lipinski definition) is 2. The van der Waals surface area contributed by atoms with Crippen LogP contribution in [0.5, 0.6) is 0 Å². The summed E-state index contributed by atoms with van der Waals surface area (Å²) in [5.41, 5.74) is 1.10. The molecule has 1 aromatic carbocycles. The van der Waals surface area contributed by atoms with Crippen LogP contribution in [0.15, 0.2) is 30.3 Å². The maximum absolute atomic E-state index is 12.0. The zero-order chi connectivity index (χ0) is 16.5. The van der Waals surface area contributed by atoms with Crippen LogP contribution in [0, 0.1) is 0 Å². The summed E-state index contributed by atoms with van der Waals surface area (Å²) in [6.07, 6.45) is 0.536. The minimum atomic E-state index is 0. The molecule has 0 saturated carbocycles. The van der Waals surface area contributed by atoms with Crippen LogP contribution in [0.1, 0.15) is 12.0 Å². The van der Waals surface area contributed by atoms with E-state index in [1.807, 2.05) is 42.3 Å². The Morgan fingerprint density at radius 1 is 1.04 bits per heavy atom. The Balaban J connectivity index is 0.00000288. The SMILES string of the molecule is CNCCC(=O)N1CCN(CC(=O)NCc2ccccc2)CC1.Cl.Cl. The Morgan fingerprint density at radius 2 is 1.68 bits per heavy atom. The first-order valence-electron chi connectivity index (χ1n) is 8.14. The third-order valence-electron chi connectivity index (χ3n) is 4.01. The standard InChI is InChI=1S/C17H26N4O2.2ClH/c1-18-8-7-17(23)21-11-9-20(10-12-21)14-16(22)19-13-15-5-3-2-4-6-15;;/h2-6,18H,7-14H2,1H3,(H,19,22);2*1H. The summed E-state index contributed by atoms with van der Waals surface area (Å²) in [5.74, 6) is 0.219. The lowest BCUT2D eigenvalue weighted by Crippen LogP contribution is -2.51. The molecule has 2 rings (SSSR count). The van der Waals surface area contributed by atoms with Crippen molar-refractivity contribution in [2.45, 2.75) is 13.0 Å². The van der Waals surface area contributed by atoms with Crippen molar-refractivity contribution in [1.82, 2.24) is 20.4 Å². The van der Waals surface area contributed by atoms with Crippen molar-refractivity contribution < 1.29 is 9.59 Å². The van der Waals surface area contributed by atoms with Crippen molar-refractivity contribution in [3.8, 4) is 0 Å². The molecule has 2 N–H and O–H groups in total. The number of rotatable bonds is 7. The second kappa shape index (κ2) is 12.9. The van der Waals surface area contributed by atoms with Crippen LogP contribution in [-0.2, 0) is 16.1 Å². The highest BCUT2D eigenvalue weighted by Crippen LogP contribution is 2.04. The summed E-state index contributed by atoms with van der Waals surface area (Å²) in [6.45, 7) is 4.57. The predicted molar refractivity (Wildman–Crippen MR) is 104 cm³/mol. The molecule has 0 unspecified atom stereocenters. The second-order valence-electron chi connectivity index (χ2n) is 5.77. The molecule has 1 aromatic rings. The first-order valence-corrected chi connectivity index (χ1v) is 8.14. The van der Waals surface area contributed by atoms with Gasteiger partial charge in [-0.05, 0) is 12.6 Å². The molecule has 0 spiro atoms. The molecule has 1 saturated heterocycles. The highest BCUT2D eigenvalue weighted by atomic mass is 35.5. The van der Waals surface area contributed by atoms with Gasteiger partial charge >= 0.3 is 0 Å². The zero-order valence-corrected chi connectivity index (χ0v) is 16.2. The third kappa shape index (κ3) is 8.54. The topological polar surface area (TPSA) is 64.7 Å². The quantitative estimate of drug-likeness (QED) is 0.725. The molecular weight excluding hydrogens is 363 g/mol. The van der Waals surface area contributed by atoms with Crippen molar-refractivity contribution in [1.29, 1.82) is 0 Å². The molecule has 25 heavy (non-hydrogen) atoms. The van der Waals surface area contributed by atoms with E-state index in [1.165, 1.54) is 0 Å². The smallest absolute Gasteiger partial charge is 0.234 e. The van der Waals surface area contributed by atoms with E-state index in [0.29, 0.717) is 39.1 Å². The Hall–Kier alpha value is -1.34. The Labute approximate surface area is 162 Å². The van der Waals surface area contributed by atoms with Gasteiger partial charge in [-0.25, -0.2) is 0 Å². The van der Waals surface area contributed by atoms with Gasteiger partial charge in [0, 0.05) is 45.7 Å². The summed E-state index contributed by atoms with van der Waals surface area (Å²) >= 11 is 0. The largest absolute Gasteiger partial charge is 0.351 e. The molecule has 0 atom stereocenters. The van der Waals surface area contributed by atoms with Gasteiger partial charge in [-0.15, -0.1) is 24.8 Å². The monoisotopic (exact) mass is 390 g/mol. The molecule has 0 aliphatic carbocycles. The van der Waals surface area contributed by atoms with Crippen LogP contribution in [-0.4, -0.2) is 67.9 Å². The van der Waals surface area contributed by atoms with Crippen molar-refractivity contribution in [3.63, 3.8) is 0 Å². The zero-order valence-electron chi connectivity index (χ0n) is 14.6. The molecule has 0 aromatic heterocycles. The predicted octanol–water partition coefficient (Wildman–Crippen LogP) is 0.900. The summed E-state index contributed by atoms with van der Waals surface area (Å²) in [5, 5.41) is 5.93. The van der Waals surface area contributed by atoms with E-state index in [0.717, 1.165) is 18.7 Å². The van der Waals surface area contributed by atoms with Crippen molar-refractivity contribution in [2.24, 2.45) is 0 Å². The lowest BCUT2D eigenvalue weighted by atomic mass is 10.2. The number of halogens is 2. The average molecular weight is 391 g/mol. The number of amides is 2. The van der Waals surface area contributed by atoms with Crippen LogP contribution < -0.4 is 10.6 Å². The number of carbonyl (C=O) groups excluding carboxylic acids is 2. The average Bonchev–Trinajstić information content (AvgIpc) is 2.59. The van der Waals surface area contributed by atoms with Gasteiger partial charge in [-0.3, -0.25) is 14.5 Å². The van der Waals surface area contributed by atoms with Crippen LogP contribution in [0.4, 0.5) is 0 Å². The Bertz CT molecular complexity index is 509. The Kier molecular flexibility index (Phi) is 12.2. The van der Waals surface area contributed by atoms with Gasteiger partial charge in [-0.2, -0.15) is 0 Å². The van der Waals surface area contributed by atoms with Gasteiger partial charge in [-0.1, -0.05) is 30.3 Å². The lowest BCUT2D eigenvalue weighted by Gasteiger charge is -2.34. The number of nitrogens with one attached hydrogen (secondary N) is 2. The second-order valence-corrected chi connectivity index (χ2v) is 5.77. The van der Waals surface area contributed by atoms with Crippen molar-refractivity contribution in [2.75, 3.05) is 46.3 Å². The minimum Gasteiger partial charge on any atom is -0.351 e. The van der Waals surface area contributed by atoms with Gasteiger partial charge in [0.1, 0.15) is 0 Å². The molecule has 1 aliphatic rings. The fourth-order valence-corrected chi connectivity index (χ4v) is 2.60. The van der Waals surface area contributed by atoms with Crippen LogP contribution in [0.25, 0.3) is 0 Å². The molecule has 142 valence electrons. The van der Waals surface area contributed by atoms with Gasteiger partial charge < -0.3 is 15.5 Å². The van der Waals surface area contributed by atoms with Crippen molar-refractivity contribution >= 4 is 36.6 Å². The molecule has 1 heterocycles. The number of benzene rings is 1. The summed E-state index contributed by atoms with van der Waals surface area (Å²) in [7, 11) is 1.85. The summed E-state index contributed by atoms with van der Waals surface area (Å²) in [6, 6.07) is 9.88. The fourth-order valence-electron chi connectivity index (χ4n) is 2.60. The molecule has 6 nitrogen and oxygen atoms in total. The van der Waals surface area contributed by atoms with E-state index >= 15 is 0 Å². The first-order chi connectivity index (χ1) is 11.2. The maximum atomic E-state index is 12.0. The molecule has 1 fully saturated rings. The maximum Gasteiger partial charge on any atom is 0.234 e. The Morgan fingerprint density at radius 3 is 2.28 bits per heavy atom. The van der Waals surface area contributed by atoms with E-state index in [2.05, 4.69) is 15.5 Å². The minimum absolute atomic E-state index is 0. The van der Waals surface area contributed by atoms with Crippen molar-refractivity contribution in [3.05, 3.63) is 35.9 Å². The highest BCUT2D eigenvalue weighted by molar-refractivity contribution is 5.85. The van der Waals surface area contributed by atoms with Gasteiger partial charge in [0.15, 0.2) is 0 Å². The molecule has 0 bridgehead atoms. The van der Waals surface area contributed by atoms with Crippen LogP contribution >= 0.6 is 24.8 Å². The molecule has 1 aliphatic heterocycles. The van der Waals surface area contributed by atoms with E-state index in [9.17, 15) is 9.59 Å². The van der Waals surface area contributed by atoms with Gasteiger partial charge in [0.25, 0.3) is 0 Å². The van der Waals surface area contributed by atoms with Crippen LogP contribution in [0.3, 0.4) is 0 Å². The number of piperazine rings is 1. The number of nitrogens with zero attached hydrogens (tertiary/aromatic N) is 2. The van der Waals surface area contributed by atoms with Gasteiger partial charge in [0.2, 0.25) is 11.8 Å². The lowest BCUT2D eigenvalue weighted by molar-refractivity contribution is -0.133. The molecular formula is C17H28Cl2N4O2. The molecule has 2 amide bonds. The fraction of sp³-hybridized carbons (Fsp3) is 0.529. The van der Waals surface area contributed by atoms with E-state index in [1.54, 1.807) is 0 Å². The number of hydrogen-bond acceptors (Lipinski definition) is 4. The van der Waals surface area contributed by atoms with E-state index in [4.69, 9.17) is 0 Å². The number of carbonyl (C=O) groups is 2. The molecule has 0 radical (unpaired) electrons. The van der Waals surface area contributed by atoms with Gasteiger partial charge in [0.05, 0.1) is 6.54 Å². The third-order valence-corrected chi connectivity index (χ3v) is 4.01. The van der Waals surface area contributed by atoms with E-state index in [-0.39, 0.29) is 36.6 Å². The first kappa shape index (κ1) is 23.7.